The Balaban J connectivity index is 1.77. The van der Waals surface area contributed by atoms with Gasteiger partial charge in [-0.1, -0.05) is 18.9 Å². The lowest BCUT2D eigenvalue weighted by Crippen LogP contribution is -2.40. The largest absolute Gasteiger partial charge is 0.375 e. The van der Waals surface area contributed by atoms with Gasteiger partial charge in [0.15, 0.2) is 0 Å². The molecule has 0 bridgehead atoms. The van der Waals surface area contributed by atoms with Gasteiger partial charge in [0.25, 0.3) is 0 Å². The maximum absolute atomic E-state index is 13.9. The zero-order valence-electron chi connectivity index (χ0n) is 11.6. The Morgan fingerprint density at radius 1 is 1.25 bits per heavy atom. The van der Waals surface area contributed by atoms with Gasteiger partial charge in [0.1, 0.15) is 11.6 Å². The van der Waals surface area contributed by atoms with Crippen molar-refractivity contribution < 1.29 is 13.5 Å². The maximum Gasteiger partial charge on any atom is 0.130 e. The second-order valence-corrected chi connectivity index (χ2v) is 6.18. The minimum absolute atomic E-state index is 0.0307. The van der Waals surface area contributed by atoms with Gasteiger partial charge in [-0.25, -0.2) is 8.78 Å². The third-order valence-corrected chi connectivity index (χ3v) is 4.88. The zero-order valence-corrected chi connectivity index (χ0v) is 11.6. The van der Waals surface area contributed by atoms with E-state index < -0.39 is 11.6 Å². The van der Waals surface area contributed by atoms with Gasteiger partial charge < -0.3 is 10.5 Å². The second kappa shape index (κ2) is 5.41. The molecule has 2 nitrogen and oxygen atoms in total. The summed E-state index contributed by atoms with van der Waals surface area (Å²) in [5.41, 5.74) is 6.65. The van der Waals surface area contributed by atoms with Crippen LogP contribution in [-0.2, 0) is 4.74 Å². The summed E-state index contributed by atoms with van der Waals surface area (Å²) in [6, 6.07) is 3.30. The summed E-state index contributed by atoms with van der Waals surface area (Å²) in [6.07, 6.45) is 6.31. The Kier molecular flexibility index (Phi) is 3.78. The first-order valence-corrected chi connectivity index (χ1v) is 7.44. The number of ether oxygens (including phenoxy) is 1. The fourth-order valence-corrected chi connectivity index (χ4v) is 3.77. The first kappa shape index (κ1) is 14.0. The Bertz CT molecular complexity index is 485. The third kappa shape index (κ3) is 2.59. The highest BCUT2D eigenvalue weighted by atomic mass is 19.1. The number of nitrogens with two attached hydrogens (primary N) is 1. The summed E-state index contributed by atoms with van der Waals surface area (Å²) in [5, 5.41) is 0. The molecule has 110 valence electrons. The number of benzene rings is 1. The van der Waals surface area contributed by atoms with E-state index in [1.807, 2.05) is 0 Å². The van der Waals surface area contributed by atoms with Crippen LogP contribution in [-0.4, -0.2) is 12.2 Å². The smallest absolute Gasteiger partial charge is 0.130 e. The van der Waals surface area contributed by atoms with Crippen molar-refractivity contribution in [2.75, 3.05) is 6.61 Å². The van der Waals surface area contributed by atoms with Crippen molar-refractivity contribution in [2.45, 2.75) is 50.2 Å². The van der Waals surface area contributed by atoms with Gasteiger partial charge in [-0.2, -0.15) is 0 Å². The lowest BCUT2D eigenvalue weighted by atomic mass is 9.79. The molecule has 2 unspecified atom stereocenters. The minimum atomic E-state index is -0.558. The molecule has 2 aliphatic rings. The molecule has 0 radical (unpaired) electrons. The van der Waals surface area contributed by atoms with E-state index in [1.165, 1.54) is 25.0 Å². The quantitative estimate of drug-likeness (QED) is 0.897. The molecule has 0 amide bonds. The zero-order chi connectivity index (χ0) is 14.2. The molecule has 1 aromatic rings. The van der Waals surface area contributed by atoms with Crippen LogP contribution in [0.3, 0.4) is 0 Å². The van der Waals surface area contributed by atoms with Gasteiger partial charge in [-0.15, -0.1) is 0 Å². The Morgan fingerprint density at radius 2 is 2.00 bits per heavy atom. The Labute approximate surface area is 118 Å². The highest BCUT2D eigenvalue weighted by molar-refractivity contribution is 5.23. The van der Waals surface area contributed by atoms with Gasteiger partial charge >= 0.3 is 0 Å². The van der Waals surface area contributed by atoms with E-state index in [9.17, 15) is 8.78 Å². The van der Waals surface area contributed by atoms with Crippen molar-refractivity contribution in [2.24, 2.45) is 11.7 Å². The maximum atomic E-state index is 13.9. The fraction of sp³-hybridized carbons (Fsp3) is 0.625. The lowest BCUT2D eigenvalue weighted by Gasteiger charge is -2.40. The van der Waals surface area contributed by atoms with Gasteiger partial charge in [0.05, 0.1) is 5.60 Å². The van der Waals surface area contributed by atoms with Crippen LogP contribution >= 0.6 is 0 Å². The summed E-state index contributed by atoms with van der Waals surface area (Å²) < 4.78 is 32.8. The van der Waals surface area contributed by atoms with Crippen LogP contribution in [0.2, 0.25) is 0 Å². The summed E-state index contributed by atoms with van der Waals surface area (Å²) in [7, 11) is 0. The molecule has 1 saturated heterocycles. The highest BCUT2D eigenvalue weighted by Gasteiger charge is 2.41. The molecule has 20 heavy (non-hydrogen) atoms. The Morgan fingerprint density at radius 3 is 2.70 bits per heavy atom. The van der Waals surface area contributed by atoms with E-state index in [2.05, 4.69) is 0 Å². The number of hydrogen-bond acceptors (Lipinski definition) is 2. The first-order chi connectivity index (χ1) is 9.60. The van der Waals surface area contributed by atoms with E-state index in [4.69, 9.17) is 10.5 Å². The molecule has 1 heterocycles. The van der Waals surface area contributed by atoms with Gasteiger partial charge in [0.2, 0.25) is 0 Å². The fourth-order valence-electron chi connectivity index (χ4n) is 3.77. The highest BCUT2D eigenvalue weighted by Crippen LogP contribution is 2.45. The number of halogens is 2. The van der Waals surface area contributed by atoms with E-state index in [1.54, 1.807) is 0 Å². The summed E-state index contributed by atoms with van der Waals surface area (Å²) in [5.74, 6) is -0.885. The van der Waals surface area contributed by atoms with Crippen molar-refractivity contribution in [1.82, 2.24) is 0 Å². The molecule has 0 aromatic heterocycles. The van der Waals surface area contributed by atoms with Crippen LogP contribution in [0.1, 0.15) is 50.1 Å². The van der Waals surface area contributed by atoms with Crippen molar-refractivity contribution >= 4 is 0 Å². The third-order valence-electron chi connectivity index (χ3n) is 4.88. The molecule has 1 spiro atoms. The van der Waals surface area contributed by atoms with E-state index in [0.717, 1.165) is 31.7 Å². The van der Waals surface area contributed by atoms with E-state index >= 15 is 0 Å². The van der Waals surface area contributed by atoms with Crippen LogP contribution < -0.4 is 5.73 Å². The van der Waals surface area contributed by atoms with Gasteiger partial charge in [-0.05, 0) is 37.7 Å². The summed E-state index contributed by atoms with van der Waals surface area (Å²) >= 11 is 0. The average Bonchev–Trinajstić information content (AvgIpc) is 2.86. The molecule has 4 heteroatoms. The molecular formula is C16H21F2NO. The van der Waals surface area contributed by atoms with Crippen molar-refractivity contribution in [1.29, 1.82) is 0 Å². The molecule has 2 N–H and O–H groups in total. The van der Waals surface area contributed by atoms with Crippen LogP contribution in [0.25, 0.3) is 0 Å². The Hall–Kier alpha value is -1.00. The SMILES string of the molecule is NC(c1ccc(F)cc1F)C1CCOC2(CCCC2)C1. The molecule has 1 saturated carbocycles. The second-order valence-electron chi connectivity index (χ2n) is 6.18. The first-order valence-electron chi connectivity index (χ1n) is 7.44. The predicted octanol–water partition coefficient (Wildman–Crippen LogP) is 3.70. The average molecular weight is 281 g/mol. The van der Waals surface area contributed by atoms with Crippen LogP contribution in [0.4, 0.5) is 8.78 Å². The van der Waals surface area contributed by atoms with Crippen molar-refractivity contribution in [3.8, 4) is 0 Å². The summed E-state index contributed by atoms with van der Waals surface area (Å²) in [6.45, 7) is 0.696. The van der Waals surface area contributed by atoms with Crippen LogP contribution in [0.5, 0.6) is 0 Å². The summed E-state index contributed by atoms with van der Waals surface area (Å²) in [4.78, 5) is 0. The van der Waals surface area contributed by atoms with Gasteiger partial charge in [-0.3, -0.25) is 0 Å². The molecule has 3 rings (SSSR count). The minimum Gasteiger partial charge on any atom is -0.375 e. The predicted molar refractivity (Wildman–Crippen MR) is 73.2 cm³/mol. The molecular weight excluding hydrogens is 260 g/mol. The molecule has 1 aliphatic heterocycles. The standard InChI is InChI=1S/C16H21F2NO/c17-12-3-4-13(14(18)9-12)15(19)11-5-8-20-16(10-11)6-1-2-7-16/h3-4,9,11,15H,1-2,5-8,10,19H2. The normalized spacial score (nSPS) is 26.9. The molecule has 1 aromatic carbocycles. The van der Waals surface area contributed by atoms with Crippen LogP contribution in [0.15, 0.2) is 18.2 Å². The topological polar surface area (TPSA) is 35.2 Å². The number of hydrogen-bond donors (Lipinski definition) is 1. The lowest BCUT2D eigenvalue weighted by molar-refractivity contribution is -0.0965. The van der Waals surface area contributed by atoms with Crippen LogP contribution in [0, 0.1) is 17.6 Å². The van der Waals surface area contributed by atoms with Crippen molar-refractivity contribution in [3.63, 3.8) is 0 Å². The monoisotopic (exact) mass is 281 g/mol. The van der Waals surface area contributed by atoms with Gasteiger partial charge in [0, 0.05) is 24.3 Å². The van der Waals surface area contributed by atoms with E-state index in [0.29, 0.717) is 12.2 Å². The molecule has 2 fully saturated rings. The molecule has 2 atom stereocenters. The number of rotatable bonds is 2. The molecule has 1 aliphatic carbocycles. The van der Waals surface area contributed by atoms with Crippen molar-refractivity contribution in [3.05, 3.63) is 35.4 Å². The van der Waals surface area contributed by atoms with E-state index in [-0.39, 0.29) is 17.6 Å².